The van der Waals surface area contributed by atoms with E-state index in [-0.39, 0.29) is 38.0 Å². The number of Topliss-reactive ketones (excluding diaryl/α,β-unsaturated/α-hetero) is 1. The third kappa shape index (κ3) is 26.5. The van der Waals surface area contributed by atoms with Crippen molar-refractivity contribution in [3.05, 3.63) is 152 Å². The lowest BCUT2D eigenvalue weighted by molar-refractivity contribution is -0.133. The summed E-state index contributed by atoms with van der Waals surface area (Å²) >= 11 is 7.74. The van der Waals surface area contributed by atoms with Gasteiger partial charge in [-0.15, -0.1) is 11.3 Å². The zero-order valence-corrected chi connectivity index (χ0v) is 63.5. The molecule has 6 aliphatic heterocycles. The van der Waals surface area contributed by atoms with Crippen molar-refractivity contribution in [3.63, 3.8) is 0 Å². The number of rotatable bonds is 18. The van der Waals surface area contributed by atoms with E-state index < -0.39 is 0 Å². The monoisotopic (exact) mass is 1400 g/mol. The zero-order valence-electron chi connectivity index (χ0n) is 61.9. The number of hydrogen-bond donors (Lipinski definition) is 0. The van der Waals surface area contributed by atoms with Crippen LogP contribution >= 0.6 is 22.9 Å². The molecule has 0 N–H and O–H groups in total. The summed E-state index contributed by atoms with van der Waals surface area (Å²) in [6, 6.07) is 38.5. The van der Waals surface area contributed by atoms with Crippen LogP contribution < -0.4 is 0 Å². The molecule has 6 fully saturated rings. The first-order valence-corrected chi connectivity index (χ1v) is 38.0. The lowest BCUT2D eigenvalue weighted by Crippen LogP contribution is -2.53. The number of ketones is 1. The molecule has 18 nitrogen and oxygen atoms in total. The van der Waals surface area contributed by atoms with Crippen molar-refractivity contribution in [1.82, 2.24) is 64.4 Å². The molecule has 0 spiro atoms. The summed E-state index contributed by atoms with van der Waals surface area (Å²) in [5.41, 5.74) is 4.17. The Morgan fingerprint density at radius 2 is 1.14 bits per heavy atom. The molecule has 1 amide bonds. The van der Waals surface area contributed by atoms with Gasteiger partial charge in [-0.2, -0.15) is 10.2 Å². The van der Waals surface area contributed by atoms with E-state index in [0.717, 1.165) is 82.6 Å². The topological polar surface area (TPSA) is 165 Å². The number of aromatic nitrogens is 4. The van der Waals surface area contributed by atoms with E-state index in [4.69, 9.17) is 20.6 Å². The van der Waals surface area contributed by atoms with Crippen molar-refractivity contribution in [2.45, 2.75) is 229 Å². The van der Waals surface area contributed by atoms with E-state index in [2.05, 4.69) is 227 Å². The van der Waals surface area contributed by atoms with Gasteiger partial charge in [0.2, 0.25) is 11.8 Å². The number of aryl methyl sites for hydroxylation is 2. The molecule has 4 unspecified atom stereocenters. The highest BCUT2D eigenvalue weighted by atomic mass is 35.5. The fourth-order valence-corrected chi connectivity index (χ4v) is 15.1. The summed E-state index contributed by atoms with van der Waals surface area (Å²) in [6.45, 7) is 47.4. The number of nitrogens with zero attached hydrogens (tertiary/aromatic N) is 14. The number of benzene rings is 2. The van der Waals surface area contributed by atoms with Crippen LogP contribution in [-0.2, 0) is 17.8 Å². The molecule has 0 radical (unpaired) electrons. The van der Waals surface area contributed by atoms with Crippen LogP contribution in [0.4, 0.5) is 0 Å². The number of pyridine rings is 1. The van der Waals surface area contributed by atoms with Gasteiger partial charge in [0.25, 0.3) is 0 Å². The number of carbonyl (C=O) groups excluding carboxylic acids is 2. The minimum atomic E-state index is -0.142. The van der Waals surface area contributed by atoms with Crippen molar-refractivity contribution in [1.29, 1.82) is 5.26 Å². The van der Waals surface area contributed by atoms with Crippen LogP contribution in [0.3, 0.4) is 0 Å². The maximum absolute atomic E-state index is 12.2. The number of amides is 1. The molecular weight excluding hydrogens is 1280 g/mol. The first kappa shape index (κ1) is 82.2. The maximum atomic E-state index is 12.2. The molecule has 546 valence electrons. The first-order valence-electron chi connectivity index (χ1n) is 36.7. The number of thiophene rings is 1. The summed E-state index contributed by atoms with van der Waals surface area (Å²) in [5, 5.41) is 20.1. The van der Waals surface area contributed by atoms with Crippen LogP contribution in [0, 0.1) is 25.2 Å². The Labute approximate surface area is 605 Å². The van der Waals surface area contributed by atoms with Crippen molar-refractivity contribution in [2.24, 2.45) is 0 Å². The smallest absolute Gasteiger partial charge is 0.223 e. The van der Waals surface area contributed by atoms with Crippen molar-refractivity contribution in [2.75, 3.05) is 98.2 Å². The number of nitriles is 1. The van der Waals surface area contributed by atoms with Crippen LogP contribution in [0.5, 0.6) is 0 Å². The highest BCUT2D eigenvalue weighted by Gasteiger charge is 2.33. The van der Waals surface area contributed by atoms with Crippen molar-refractivity contribution >= 4 is 34.6 Å². The highest BCUT2D eigenvalue weighted by Crippen LogP contribution is 2.36. The number of halogens is 1. The first-order chi connectivity index (χ1) is 47.1. The Hall–Kier alpha value is -5.76. The third-order valence-corrected chi connectivity index (χ3v) is 21.1. The Morgan fingerprint density at radius 1 is 0.596 bits per heavy atom. The molecule has 6 aliphatic rings. The molecule has 10 heterocycles. The van der Waals surface area contributed by atoms with E-state index in [1.54, 1.807) is 10.9 Å². The number of piperazine rings is 3. The van der Waals surface area contributed by atoms with Gasteiger partial charge in [0.05, 0.1) is 18.2 Å². The molecule has 6 aromatic rings. The zero-order chi connectivity index (χ0) is 70.7. The average molecular weight is 1400 g/mol. The molecule has 99 heavy (non-hydrogen) atoms. The number of hydrogen-bond acceptors (Lipinski definition) is 18. The predicted molar refractivity (Wildman–Crippen MR) is 405 cm³/mol. The fourth-order valence-electron chi connectivity index (χ4n) is 14.0. The standard InChI is InChI=1S/C16H22ClN3O2.C15H21N3.C15H24N2.C11H18N2O.C11H17NS.C10H17N3O.CH4/c1-12(2)19-7-9-20(10-8-19)16(22)4-3-15(21)14-11-13(17)5-6-18-14;1-13(2)17-8-9-18(15(10-16)12-17)11-14-6-4-3-5-7-14;1-14(2)17-12-10-16(11-13-17)9-8-15-6-4-3-5-7-15;1-8(2)13-6-4-5-11(13)10-7-9(3)14-12-10;1-9(2)12-7-3-5-10(12)11-6-4-8-13-11;1-7(2)13-6-4-5-9(13)10-11-8(3)14-12-10;/h5-6,11-12H,3-4,7-10H2,1-2H3;3-7,13,15H,8-9,11-12H2,1-2H3;3-7,14H,8-13H2,1-2H3;7-8,11H,4-6H2,1-3H3;4,6,8-10H,3,5,7H2,1-2H3;7,9H,4-6H2,1-3H3;1H4. The van der Waals surface area contributed by atoms with Crippen molar-refractivity contribution < 1.29 is 18.6 Å². The van der Waals surface area contributed by atoms with Crippen LogP contribution in [0.1, 0.15) is 210 Å². The third-order valence-electron chi connectivity index (χ3n) is 19.9. The van der Waals surface area contributed by atoms with Gasteiger partial charge in [0.1, 0.15) is 23.2 Å². The molecule has 20 heteroatoms. The van der Waals surface area contributed by atoms with Crippen molar-refractivity contribution in [3.8, 4) is 6.07 Å². The predicted octanol–water partition coefficient (Wildman–Crippen LogP) is 15.0. The maximum Gasteiger partial charge on any atom is 0.223 e. The SMILES string of the molecule is C.CC(C)N1CCCC1c1cccs1.CC(C)N1CCN(C(=O)CCC(=O)c2cc(Cl)ccn2)CC1.CC(C)N1CCN(CCc2ccccc2)CC1.CC(C)N1CCN(Cc2ccccc2)C(C#N)C1.Cc1cc(C2CCCN2C(C)C)no1.Cc1nc(C2CCCN2C(C)C)no1. The van der Waals surface area contributed by atoms with E-state index in [1.165, 1.54) is 108 Å². The quantitative estimate of drug-likeness (QED) is 0.0745. The minimum Gasteiger partial charge on any atom is -0.361 e. The lowest BCUT2D eigenvalue weighted by atomic mass is 10.1. The summed E-state index contributed by atoms with van der Waals surface area (Å²) in [5.74, 6) is 2.33. The summed E-state index contributed by atoms with van der Waals surface area (Å²) in [7, 11) is 0. The fraction of sp³-hybridized carbons (Fsp3) is 0.633. The second kappa shape index (κ2) is 42.6. The van der Waals surface area contributed by atoms with Gasteiger partial charge in [-0.3, -0.25) is 48.9 Å². The van der Waals surface area contributed by atoms with Crippen LogP contribution in [0.15, 0.2) is 112 Å². The number of carbonyl (C=O) groups is 2. The Balaban J connectivity index is 0.000000188. The van der Waals surface area contributed by atoms with Gasteiger partial charge in [-0.25, -0.2) is 0 Å². The molecular formula is C79H123ClN14O4S. The summed E-state index contributed by atoms with van der Waals surface area (Å²) in [4.78, 5) is 55.6. The summed E-state index contributed by atoms with van der Waals surface area (Å²) in [6.07, 6.45) is 10.7. The van der Waals surface area contributed by atoms with Gasteiger partial charge in [0.15, 0.2) is 11.6 Å². The molecule has 4 aromatic heterocycles. The molecule has 4 atom stereocenters. The second-order valence-corrected chi connectivity index (χ2v) is 30.1. The lowest BCUT2D eigenvalue weighted by Gasteiger charge is -2.40. The van der Waals surface area contributed by atoms with E-state index in [0.29, 0.717) is 71.0 Å². The molecule has 0 bridgehead atoms. The Kier molecular flexibility index (Phi) is 35.4. The average Bonchev–Trinajstić information content (AvgIpc) is 0.970. The minimum absolute atomic E-state index is 0. The van der Waals surface area contributed by atoms with Crippen LogP contribution in [0.2, 0.25) is 5.02 Å². The van der Waals surface area contributed by atoms with Gasteiger partial charge >= 0.3 is 0 Å². The molecule has 12 rings (SSSR count). The van der Waals surface area contributed by atoms with Crippen LogP contribution in [-0.4, -0.2) is 217 Å². The molecule has 0 aliphatic carbocycles. The largest absolute Gasteiger partial charge is 0.361 e. The van der Waals surface area contributed by atoms with E-state index in [1.807, 2.05) is 36.2 Å². The summed E-state index contributed by atoms with van der Waals surface area (Å²) < 4.78 is 10.1. The highest BCUT2D eigenvalue weighted by molar-refractivity contribution is 7.10. The van der Waals surface area contributed by atoms with Crippen LogP contribution in [0.25, 0.3) is 0 Å². The van der Waals surface area contributed by atoms with Gasteiger partial charge in [0, 0.05) is 169 Å². The molecule has 6 saturated heterocycles. The van der Waals surface area contributed by atoms with Gasteiger partial charge < -0.3 is 18.8 Å². The molecule has 2 aromatic carbocycles. The van der Waals surface area contributed by atoms with E-state index >= 15 is 0 Å². The Bertz CT molecular complexity index is 3170. The second-order valence-electron chi connectivity index (χ2n) is 28.7. The number of likely N-dealkylation sites (tertiary alicyclic amines) is 3. The Morgan fingerprint density at radius 3 is 1.66 bits per heavy atom. The van der Waals surface area contributed by atoms with Gasteiger partial charge in [-0.05, 0) is 189 Å². The van der Waals surface area contributed by atoms with Gasteiger partial charge in [-0.1, -0.05) is 96.1 Å². The molecule has 0 saturated carbocycles. The normalized spacial score (nSPS) is 20.7. The van der Waals surface area contributed by atoms with E-state index in [9.17, 15) is 14.9 Å².